The minimum atomic E-state index is -0.505. The van der Waals surface area contributed by atoms with Crippen LogP contribution in [0.15, 0.2) is 84.9 Å². The van der Waals surface area contributed by atoms with Crippen molar-refractivity contribution in [2.45, 2.75) is 25.1 Å². The van der Waals surface area contributed by atoms with Crippen molar-refractivity contribution in [1.82, 2.24) is 0 Å². The number of esters is 1. The summed E-state index contributed by atoms with van der Waals surface area (Å²) in [5.74, 6) is 0.232. The zero-order chi connectivity index (χ0) is 21.0. The minimum absolute atomic E-state index is 0.254. The summed E-state index contributed by atoms with van der Waals surface area (Å²) in [6.07, 6.45) is -0.505. The predicted octanol–water partition coefficient (Wildman–Crippen LogP) is 5.08. The molecule has 3 rings (SSSR count). The van der Waals surface area contributed by atoms with Crippen LogP contribution >= 0.6 is 12.6 Å². The first kappa shape index (κ1) is 22.1. The lowest BCUT2D eigenvalue weighted by Crippen LogP contribution is -2.28. The molecule has 0 aliphatic carbocycles. The number of hydrogen-bond donors (Lipinski definition) is 1. The Labute approximate surface area is 183 Å². The molecule has 0 fully saturated rings. The van der Waals surface area contributed by atoms with E-state index in [1.807, 2.05) is 72.8 Å². The molecule has 4 nitrogen and oxygen atoms in total. The topological polar surface area (TPSA) is 44.8 Å². The van der Waals surface area contributed by atoms with E-state index in [0.29, 0.717) is 24.5 Å². The van der Waals surface area contributed by atoms with Gasteiger partial charge in [0.25, 0.3) is 0 Å². The molecule has 0 N–H and O–H groups in total. The van der Waals surface area contributed by atoms with Crippen LogP contribution in [0.25, 0.3) is 0 Å². The highest BCUT2D eigenvalue weighted by Gasteiger charge is 2.17. The smallest absolute Gasteiger partial charge is 0.338 e. The molecule has 0 amide bonds. The molecule has 30 heavy (non-hydrogen) atoms. The monoisotopic (exact) mass is 422 g/mol. The van der Waals surface area contributed by atoms with Gasteiger partial charge in [0.2, 0.25) is 0 Å². The number of ether oxygens (including phenoxy) is 3. The summed E-state index contributed by atoms with van der Waals surface area (Å²) in [6, 6.07) is 27.0. The van der Waals surface area contributed by atoms with E-state index in [-0.39, 0.29) is 13.2 Å². The molecule has 5 heteroatoms. The standard InChI is InChI=1S/C25H26O4S/c26-25(23-13-11-22(19-30)12-14-23)29-24(17-27-15-20-7-3-1-4-8-20)18-28-16-21-9-5-2-6-10-21/h1-14,24,30H,15-19H2. The fourth-order valence-electron chi connectivity index (χ4n) is 2.85. The second-order valence-corrected chi connectivity index (χ2v) is 7.20. The molecular formula is C25H26O4S. The van der Waals surface area contributed by atoms with E-state index in [9.17, 15) is 4.79 Å². The number of carbonyl (C=O) groups excluding carboxylic acids is 1. The van der Waals surface area contributed by atoms with Crippen LogP contribution < -0.4 is 0 Å². The van der Waals surface area contributed by atoms with Crippen molar-refractivity contribution in [1.29, 1.82) is 0 Å². The maximum atomic E-state index is 12.6. The second-order valence-electron chi connectivity index (χ2n) is 6.88. The van der Waals surface area contributed by atoms with Gasteiger partial charge in [-0.1, -0.05) is 72.8 Å². The lowest BCUT2D eigenvalue weighted by Gasteiger charge is -2.18. The molecule has 0 aromatic heterocycles. The fourth-order valence-corrected chi connectivity index (χ4v) is 3.06. The highest BCUT2D eigenvalue weighted by molar-refractivity contribution is 7.79. The Morgan fingerprint density at radius 3 is 1.67 bits per heavy atom. The van der Waals surface area contributed by atoms with Crippen molar-refractivity contribution < 1.29 is 19.0 Å². The molecule has 0 atom stereocenters. The van der Waals surface area contributed by atoms with E-state index in [1.165, 1.54) is 0 Å². The Hall–Kier alpha value is -2.60. The SMILES string of the molecule is O=C(OC(COCc1ccccc1)COCc1ccccc1)c1ccc(CS)cc1. The average molecular weight is 423 g/mol. The second kappa shape index (κ2) is 12.2. The van der Waals surface area contributed by atoms with Crippen LogP contribution in [-0.4, -0.2) is 25.3 Å². The molecule has 0 unspecified atom stereocenters. The molecule has 0 aliphatic rings. The van der Waals surface area contributed by atoms with E-state index in [0.717, 1.165) is 16.7 Å². The quantitative estimate of drug-likeness (QED) is 0.346. The highest BCUT2D eigenvalue weighted by atomic mass is 32.1. The summed E-state index contributed by atoms with van der Waals surface area (Å²) in [6.45, 7) is 1.41. The zero-order valence-corrected chi connectivity index (χ0v) is 17.7. The van der Waals surface area contributed by atoms with Gasteiger partial charge >= 0.3 is 5.97 Å². The number of benzene rings is 3. The molecule has 0 radical (unpaired) electrons. The molecular weight excluding hydrogens is 396 g/mol. The first-order chi connectivity index (χ1) is 14.7. The molecule has 0 saturated heterocycles. The van der Waals surface area contributed by atoms with Crippen LogP contribution in [0.4, 0.5) is 0 Å². The molecule has 0 spiro atoms. The minimum Gasteiger partial charge on any atom is -0.454 e. The van der Waals surface area contributed by atoms with E-state index in [4.69, 9.17) is 14.2 Å². The predicted molar refractivity (Wildman–Crippen MR) is 121 cm³/mol. The van der Waals surface area contributed by atoms with Crippen molar-refractivity contribution in [3.05, 3.63) is 107 Å². The van der Waals surface area contributed by atoms with Crippen LogP contribution in [0.5, 0.6) is 0 Å². The molecule has 156 valence electrons. The normalized spacial score (nSPS) is 10.9. The van der Waals surface area contributed by atoms with Crippen molar-refractivity contribution in [3.8, 4) is 0 Å². The molecule has 0 bridgehead atoms. The molecule has 3 aromatic rings. The number of carbonyl (C=O) groups is 1. The van der Waals surface area contributed by atoms with Gasteiger partial charge in [-0.2, -0.15) is 12.6 Å². The van der Waals surface area contributed by atoms with Crippen LogP contribution in [-0.2, 0) is 33.2 Å². The molecule has 0 aliphatic heterocycles. The van der Waals surface area contributed by atoms with Gasteiger partial charge in [-0.05, 0) is 28.8 Å². The summed E-state index contributed by atoms with van der Waals surface area (Å²) in [7, 11) is 0. The highest BCUT2D eigenvalue weighted by Crippen LogP contribution is 2.11. The number of hydrogen-bond acceptors (Lipinski definition) is 5. The van der Waals surface area contributed by atoms with Crippen molar-refractivity contribution in [2.75, 3.05) is 13.2 Å². The van der Waals surface area contributed by atoms with Gasteiger partial charge in [-0.15, -0.1) is 0 Å². The maximum Gasteiger partial charge on any atom is 0.338 e. The molecule has 0 heterocycles. The Morgan fingerprint density at radius 2 is 1.20 bits per heavy atom. The number of rotatable bonds is 11. The third-order valence-electron chi connectivity index (χ3n) is 4.48. The Balaban J connectivity index is 1.55. The van der Waals surface area contributed by atoms with Crippen molar-refractivity contribution in [3.63, 3.8) is 0 Å². The third-order valence-corrected chi connectivity index (χ3v) is 4.84. The van der Waals surface area contributed by atoms with E-state index < -0.39 is 12.1 Å². The maximum absolute atomic E-state index is 12.6. The van der Waals surface area contributed by atoms with Crippen LogP contribution in [0.2, 0.25) is 0 Å². The van der Waals surface area contributed by atoms with Gasteiger partial charge in [0, 0.05) is 5.75 Å². The van der Waals surface area contributed by atoms with Gasteiger partial charge in [-0.3, -0.25) is 0 Å². The first-order valence-corrected chi connectivity index (χ1v) is 10.5. The van der Waals surface area contributed by atoms with Crippen molar-refractivity contribution in [2.24, 2.45) is 0 Å². The van der Waals surface area contributed by atoms with Crippen molar-refractivity contribution >= 4 is 18.6 Å². The first-order valence-electron chi connectivity index (χ1n) is 9.88. The van der Waals surface area contributed by atoms with Gasteiger partial charge in [0.15, 0.2) is 0 Å². The Morgan fingerprint density at radius 1 is 0.700 bits per heavy atom. The Bertz CT molecular complexity index is 837. The number of thiol groups is 1. The van der Waals surface area contributed by atoms with E-state index in [1.54, 1.807) is 12.1 Å². The lowest BCUT2D eigenvalue weighted by molar-refractivity contribution is -0.0462. The Kier molecular flexibility index (Phi) is 8.97. The van der Waals surface area contributed by atoms with E-state index in [2.05, 4.69) is 12.6 Å². The summed E-state index contributed by atoms with van der Waals surface area (Å²) >= 11 is 4.24. The van der Waals surface area contributed by atoms with E-state index >= 15 is 0 Å². The summed E-state index contributed by atoms with van der Waals surface area (Å²) < 4.78 is 17.3. The van der Waals surface area contributed by atoms with Crippen LogP contribution in [0, 0.1) is 0 Å². The largest absolute Gasteiger partial charge is 0.454 e. The van der Waals surface area contributed by atoms with Crippen LogP contribution in [0.3, 0.4) is 0 Å². The molecule has 0 saturated carbocycles. The van der Waals surface area contributed by atoms with Gasteiger partial charge < -0.3 is 14.2 Å². The third kappa shape index (κ3) is 7.34. The molecule has 3 aromatic carbocycles. The summed E-state index contributed by atoms with van der Waals surface area (Å²) in [5.41, 5.74) is 3.67. The average Bonchev–Trinajstić information content (AvgIpc) is 2.80. The van der Waals surface area contributed by atoms with Gasteiger partial charge in [0.1, 0.15) is 6.10 Å². The lowest BCUT2D eigenvalue weighted by atomic mass is 10.1. The van der Waals surface area contributed by atoms with Gasteiger partial charge in [0.05, 0.1) is 32.0 Å². The van der Waals surface area contributed by atoms with Crippen LogP contribution in [0.1, 0.15) is 27.0 Å². The summed E-state index contributed by atoms with van der Waals surface area (Å²) in [4.78, 5) is 12.6. The van der Waals surface area contributed by atoms with Gasteiger partial charge in [-0.25, -0.2) is 4.79 Å². The fraction of sp³-hybridized carbons (Fsp3) is 0.240. The summed E-state index contributed by atoms with van der Waals surface area (Å²) in [5, 5.41) is 0. The zero-order valence-electron chi connectivity index (χ0n) is 16.8.